The molecule has 0 saturated heterocycles. The summed E-state index contributed by atoms with van der Waals surface area (Å²) in [7, 11) is 8.08. The Hall–Kier alpha value is -11.0. The zero-order valence-corrected chi connectivity index (χ0v) is 62.9. The molecule has 0 unspecified atom stereocenters. The van der Waals surface area contributed by atoms with Crippen LogP contribution in [0, 0.1) is 0 Å². The van der Waals surface area contributed by atoms with Crippen LogP contribution in [-0.2, 0) is 64.2 Å². The lowest BCUT2D eigenvalue weighted by atomic mass is 9.76. The molecular formula is C87H96N18OS. The van der Waals surface area contributed by atoms with E-state index < -0.39 is 0 Å². The fraction of sp³-hybridized carbons (Fsp3) is 0.345. The fourth-order valence-corrected chi connectivity index (χ4v) is 19.2. The minimum Gasteiger partial charge on any atom is -0.464 e. The van der Waals surface area contributed by atoms with Crippen LogP contribution in [0.3, 0.4) is 0 Å². The van der Waals surface area contributed by atoms with E-state index >= 15 is 0 Å². The van der Waals surface area contributed by atoms with Gasteiger partial charge in [0.2, 0.25) is 0 Å². The lowest BCUT2D eigenvalue weighted by molar-refractivity contribution is 0.335. The molecule has 0 bridgehead atoms. The van der Waals surface area contributed by atoms with E-state index in [1.165, 1.54) is 101 Å². The second-order valence-corrected chi connectivity index (χ2v) is 32.0. The predicted molar refractivity (Wildman–Crippen MR) is 433 cm³/mol. The third-order valence-electron chi connectivity index (χ3n) is 23.8. The molecular weight excluding hydrogens is 1350 g/mol. The number of hydrogen-bond acceptors (Lipinski definition) is 20. The quantitative estimate of drug-likeness (QED) is 0.107. The first-order valence-electron chi connectivity index (χ1n) is 37.6. The Kier molecular flexibility index (Phi) is 19.1. The monoisotopic (exact) mass is 1440 g/mol. The third kappa shape index (κ3) is 14.4. The van der Waals surface area contributed by atoms with Crippen LogP contribution in [0.4, 0.5) is 0 Å². The summed E-state index contributed by atoms with van der Waals surface area (Å²) in [5, 5.41) is 8.00. The lowest BCUT2D eigenvalue weighted by Gasteiger charge is -2.35. The van der Waals surface area contributed by atoms with Crippen LogP contribution in [0.15, 0.2) is 223 Å². The van der Waals surface area contributed by atoms with Crippen molar-refractivity contribution in [3.63, 3.8) is 0 Å². The second kappa shape index (κ2) is 29.1. The average molecular weight is 1440 g/mol. The molecule has 0 fully saturated rings. The number of hydrogen-bond donors (Lipinski definition) is 5. The lowest BCUT2D eigenvalue weighted by Crippen LogP contribution is -2.49. The van der Waals surface area contributed by atoms with E-state index in [0.29, 0.717) is 23.8 Å². The van der Waals surface area contributed by atoms with Gasteiger partial charge in [0.25, 0.3) is 0 Å². The Labute approximate surface area is 631 Å². The standard InChI is InChI=1S/C19H20N2.2C17H19N5.C17H19N3O.C17H19N3S/c1-14-20-13-19(21-14)11-10-18-16(12-19)8-5-9-17(18)15-6-3-2-4-7-15;2*1-22-10-17(21-16(22)18)6-5-15-12(7-17)3-2-4-14(15)13-8-19-11-20-9-13;1-20-11-17(19-16(20)18)8-7-13-12(10-17)4-2-5-14(13)15-6-3-9-21-15;1-20-11-17(19-16(20)18)7-5-15-12(9-17)3-2-4-14(15)13-6-8-21-10-13/h2-9H,10-13H2,1H3,(H,20,21);2*2-4,8-9,11H,5-7,10H2,1H3,(H2,18,21);2-6,9H,7-8,10-11H2,1H3,(H2,18,19);2-4,6,8,10H,5,7,9,11H2,1H3,(H2,18,19)/t19-;4*17-/m01000/s1. The molecule has 0 amide bonds. The molecule has 0 radical (unpaired) electrons. The zero-order valence-electron chi connectivity index (χ0n) is 62.1. The number of nitrogens with two attached hydrogens (primary N) is 4. The first kappa shape index (κ1) is 70.3. The molecule has 546 valence electrons. The molecule has 19 nitrogen and oxygen atoms in total. The molecule has 4 aromatic heterocycles. The average Bonchev–Trinajstić information content (AvgIpc) is 1.70. The number of nitrogens with one attached hydrogen (secondary N) is 1. The summed E-state index contributed by atoms with van der Waals surface area (Å²) >= 11 is 1.76. The summed E-state index contributed by atoms with van der Waals surface area (Å²) in [6, 6.07) is 49.8. The molecule has 9 heterocycles. The number of furan rings is 1. The first-order valence-corrected chi connectivity index (χ1v) is 38.6. The maximum absolute atomic E-state index is 5.99. The fourth-order valence-electron chi connectivity index (χ4n) is 18.6. The number of aliphatic imine (C=N–C) groups is 5. The molecule has 10 aromatic rings. The van der Waals surface area contributed by atoms with Gasteiger partial charge >= 0.3 is 0 Å². The number of nitrogens with zero attached hydrogens (tertiary/aromatic N) is 13. The van der Waals surface area contributed by atoms with Gasteiger partial charge < -0.3 is 52.3 Å². The van der Waals surface area contributed by atoms with Crippen LogP contribution >= 0.6 is 11.3 Å². The van der Waals surface area contributed by atoms with E-state index in [2.05, 4.69) is 195 Å². The molecule has 10 aliphatic rings. The summed E-state index contributed by atoms with van der Waals surface area (Å²) in [6.45, 7) is 6.69. The van der Waals surface area contributed by atoms with Gasteiger partial charge in [0, 0.05) is 95.8 Å². The molecule has 5 atom stereocenters. The highest BCUT2D eigenvalue weighted by Gasteiger charge is 2.45. The highest BCUT2D eigenvalue weighted by Crippen LogP contribution is 2.45. The minimum atomic E-state index is -0.0440. The Bertz CT molecular complexity index is 4810. The van der Waals surface area contributed by atoms with Crippen molar-refractivity contribution >= 4 is 41.0 Å². The van der Waals surface area contributed by atoms with Gasteiger partial charge in [0.1, 0.15) is 18.4 Å². The van der Waals surface area contributed by atoms with Gasteiger partial charge in [-0.2, -0.15) is 11.3 Å². The van der Waals surface area contributed by atoms with Crippen LogP contribution in [-0.4, -0.2) is 158 Å². The number of guanidine groups is 4. The zero-order chi connectivity index (χ0) is 73.5. The SMILES string of the molecule is CC1=NC[C@@]2(CCc3c(cccc3-c3ccccc3)C2)N1.CN1C[C@@]2(CCc3c(cccc3-c3ccco3)C2)N=C1N.CN1C[C@@]2(CCc3c(cccc3-c3ccsc3)C2)N=C1N.CN1C[C@@]2(CCc3c(cccc3-c3cncnc3)C2)N=C1N.CN1C[C@]2(CCc3c(cccc3-c3cncnc3)C2)N=C1N. The van der Waals surface area contributed by atoms with Gasteiger partial charge in [-0.3, -0.25) is 4.99 Å². The number of rotatable bonds is 5. The maximum atomic E-state index is 5.99. The van der Waals surface area contributed by atoms with Crippen LogP contribution in [0.1, 0.15) is 94.7 Å². The molecule has 6 aromatic carbocycles. The molecule has 5 spiro atoms. The van der Waals surface area contributed by atoms with Crippen molar-refractivity contribution in [1.29, 1.82) is 0 Å². The van der Waals surface area contributed by atoms with Gasteiger partial charge in [-0.1, -0.05) is 121 Å². The minimum absolute atomic E-state index is 0.000890. The van der Waals surface area contributed by atoms with Crippen LogP contribution in [0.2, 0.25) is 0 Å². The van der Waals surface area contributed by atoms with E-state index in [1.807, 2.05) is 65.1 Å². The highest BCUT2D eigenvalue weighted by atomic mass is 32.1. The van der Waals surface area contributed by atoms with Gasteiger partial charge in [0.15, 0.2) is 23.8 Å². The smallest absolute Gasteiger partial charge is 0.191 e. The Balaban J connectivity index is 0.000000102. The van der Waals surface area contributed by atoms with Crippen molar-refractivity contribution in [3.8, 4) is 55.8 Å². The molecule has 20 rings (SSSR count). The Morgan fingerprint density at radius 3 is 1.12 bits per heavy atom. The molecule has 5 aliphatic carbocycles. The largest absolute Gasteiger partial charge is 0.464 e. The molecule has 0 saturated carbocycles. The van der Waals surface area contributed by atoms with Crippen molar-refractivity contribution < 1.29 is 4.42 Å². The van der Waals surface area contributed by atoms with Crippen LogP contribution in [0.25, 0.3) is 55.8 Å². The summed E-state index contributed by atoms with van der Waals surface area (Å²) in [4.78, 5) is 48.4. The van der Waals surface area contributed by atoms with Gasteiger partial charge in [-0.25, -0.2) is 39.9 Å². The summed E-state index contributed by atoms with van der Waals surface area (Å²) in [6.07, 6.45) is 28.0. The highest BCUT2D eigenvalue weighted by molar-refractivity contribution is 7.08. The summed E-state index contributed by atoms with van der Waals surface area (Å²) in [5.41, 5.74) is 49.6. The summed E-state index contributed by atoms with van der Waals surface area (Å²) < 4.78 is 5.58. The van der Waals surface area contributed by atoms with E-state index in [0.717, 1.165) is 145 Å². The number of aromatic nitrogens is 4. The van der Waals surface area contributed by atoms with Crippen molar-refractivity contribution in [2.75, 3.05) is 60.9 Å². The molecule has 20 heteroatoms. The van der Waals surface area contributed by atoms with E-state index in [4.69, 9.17) is 47.3 Å². The Morgan fingerprint density at radius 1 is 0.393 bits per heavy atom. The normalized spacial score (nSPS) is 23.8. The van der Waals surface area contributed by atoms with Crippen molar-refractivity contribution in [2.45, 2.75) is 131 Å². The maximum Gasteiger partial charge on any atom is 0.191 e. The third-order valence-corrected chi connectivity index (χ3v) is 24.5. The number of fused-ring (bicyclic) bond motifs is 5. The van der Waals surface area contributed by atoms with Gasteiger partial charge in [-0.15, -0.1) is 0 Å². The molecule has 107 heavy (non-hydrogen) atoms. The Morgan fingerprint density at radius 2 is 0.766 bits per heavy atom. The van der Waals surface area contributed by atoms with E-state index in [9.17, 15) is 0 Å². The van der Waals surface area contributed by atoms with Crippen molar-refractivity contribution in [2.24, 2.45) is 47.9 Å². The molecule has 5 aliphatic heterocycles. The molecule has 9 N–H and O–H groups in total. The topological polar surface area (TPSA) is 256 Å². The van der Waals surface area contributed by atoms with Crippen LogP contribution in [0.5, 0.6) is 0 Å². The van der Waals surface area contributed by atoms with Gasteiger partial charge in [0.05, 0.1) is 46.3 Å². The van der Waals surface area contributed by atoms with Gasteiger partial charge in [-0.05, 0) is 221 Å². The number of likely N-dealkylation sites (N-methyl/N-ethyl adjacent to an activating group) is 4. The summed E-state index contributed by atoms with van der Waals surface area (Å²) in [5.74, 6) is 4.73. The number of benzene rings is 6. The van der Waals surface area contributed by atoms with E-state index in [-0.39, 0.29) is 27.7 Å². The first-order chi connectivity index (χ1) is 51.9. The predicted octanol–water partition coefficient (Wildman–Crippen LogP) is 12.2. The van der Waals surface area contributed by atoms with Crippen molar-refractivity contribution in [1.82, 2.24) is 44.9 Å². The second-order valence-electron chi connectivity index (χ2n) is 31.2. The van der Waals surface area contributed by atoms with Crippen molar-refractivity contribution in [3.05, 3.63) is 250 Å². The number of amidine groups is 1. The van der Waals surface area contributed by atoms with E-state index in [1.54, 1.807) is 30.3 Å². The number of thiophene rings is 1. The van der Waals surface area contributed by atoms with Crippen LogP contribution < -0.4 is 28.3 Å².